The van der Waals surface area contributed by atoms with Gasteiger partial charge < -0.3 is 29.6 Å². The zero-order valence-corrected chi connectivity index (χ0v) is 22.5. The van der Waals surface area contributed by atoms with Crippen molar-refractivity contribution < 1.29 is 19.1 Å². The minimum atomic E-state index is -0.538. The lowest BCUT2D eigenvalue weighted by Crippen LogP contribution is -2.50. The van der Waals surface area contributed by atoms with Gasteiger partial charge in [0, 0.05) is 43.3 Å². The standard InChI is InChI=1S/C29H32N6O4/c1-29(2,3)39-28(37)35-14-12-34(13-15-35)26-10-11-30-18-25(26)33-27(36)23-7-5-6-22(32-23)24-17-19-16-20(38-4)8-9-21(19)31-24/h5-11,16-18,31H,12-15H2,1-4H3,(H,33,36). The van der Waals surface area contributed by atoms with E-state index < -0.39 is 5.60 Å². The Morgan fingerprint density at radius 1 is 1.03 bits per heavy atom. The molecule has 0 atom stereocenters. The SMILES string of the molecule is COc1ccc2[nH]c(-c3cccc(C(=O)Nc4cnccc4N4CCN(C(=O)OC(C)(C)C)CC4)n3)cc2c1. The smallest absolute Gasteiger partial charge is 0.410 e. The van der Waals surface area contributed by atoms with Crippen molar-refractivity contribution in [1.82, 2.24) is 19.9 Å². The van der Waals surface area contributed by atoms with Crippen LogP contribution in [0.15, 0.2) is 60.9 Å². The van der Waals surface area contributed by atoms with Crippen LogP contribution >= 0.6 is 0 Å². The molecular weight excluding hydrogens is 496 g/mol. The van der Waals surface area contributed by atoms with Crippen molar-refractivity contribution in [3.05, 3.63) is 66.6 Å². The summed E-state index contributed by atoms with van der Waals surface area (Å²) in [5, 5.41) is 3.97. The largest absolute Gasteiger partial charge is 0.497 e. The fraction of sp³-hybridized carbons (Fsp3) is 0.310. The van der Waals surface area contributed by atoms with Gasteiger partial charge in [-0.05, 0) is 63.2 Å². The molecule has 0 unspecified atom stereocenters. The van der Waals surface area contributed by atoms with Crippen molar-refractivity contribution in [2.45, 2.75) is 26.4 Å². The molecule has 4 aromatic rings. The molecule has 1 saturated heterocycles. The summed E-state index contributed by atoms with van der Waals surface area (Å²) in [6.07, 6.45) is 3.00. The van der Waals surface area contributed by atoms with Crippen molar-refractivity contribution in [1.29, 1.82) is 0 Å². The Morgan fingerprint density at radius 3 is 2.56 bits per heavy atom. The highest BCUT2D eigenvalue weighted by molar-refractivity contribution is 6.05. The number of aromatic nitrogens is 3. The number of benzene rings is 1. The number of H-pyrrole nitrogens is 1. The Labute approximate surface area is 227 Å². The van der Waals surface area contributed by atoms with Gasteiger partial charge in [0.05, 0.1) is 36.1 Å². The van der Waals surface area contributed by atoms with Crippen LogP contribution in [-0.4, -0.2) is 70.7 Å². The Bertz CT molecular complexity index is 1500. The molecule has 0 bridgehead atoms. The van der Waals surface area contributed by atoms with Gasteiger partial charge >= 0.3 is 6.09 Å². The Kier molecular flexibility index (Phi) is 7.10. The fourth-order valence-electron chi connectivity index (χ4n) is 4.49. The molecule has 2 N–H and O–H groups in total. The van der Waals surface area contributed by atoms with E-state index in [1.54, 1.807) is 30.5 Å². The van der Waals surface area contributed by atoms with Crippen LogP contribution < -0.4 is 15.0 Å². The van der Waals surface area contributed by atoms with Crippen LogP contribution in [0.25, 0.3) is 22.3 Å². The summed E-state index contributed by atoms with van der Waals surface area (Å²) in [5.74, 6) is 0.434. The van der Waals surface area contributed by atoms with Gasteiger partial charge in [-0.1, -0.05) is 6.07 Å². The Hall–Kier alpha value is -4.60. The van der Waals surface area contributed by atoms with Crippen LogP contribution in [0.2, 0.25) is 0 Å². The highest BCUT2D eigenvalue weighted by Crippen LogP contribution is 2.28. The summed E-state index contributed by atoms with van der Waals surface area (Å²) >= 11 is 0. The molecule has 4 heterocycles. The number of piperazine rings is 1. The number of carbonyl (C=O) groups is 2. The topological polar surface area (TPSA) is 113 Å². The molecule has 10 nitrogen and oxygen atoms in total. The number of carbonyl (C=O) groups excluding carboxylic acids is 2. The van der Waals surface area contributed by atoms with Crippen LogP contribution in [0.3, 0.4) is 0 Å². The number of ether oxygens (including phenoxy) is 2. The summed E-state index contributed by atoms with van der Waals surface area (Å²) in [7, 11) is 1.63. The van der Waals surface area contributed by atoms with Gasteiger partial charge in [0.15, 0.2) is 0 Å². The second-order valence-electron chi connectivity index (χ2n) is 10.3. The predicted molar refractivity (Wildman–Crippen MR) is 150 cm³/mol. The molecule has 1 aliphatic heterocycles. The summed E-state index contributed by atoms with van der Waals surface area (Å²) in [4.78, 5) is 41.7. The monoisotopic (exact) mass is 528 g/mol. The van der Waals surface area contributed by atoms with E-state index >= 15 is 0 Å². The van der Waals surface area contributed by atoms with Crippen molar-refractivity contribution in [3.63, 3.8) is 0 Å². The molecule has 0 aliphatic carbocycles. The molecular formula is C29H32N6O4. The fourth-order valence-corrected chi connectivity index (χ4v) is 4.49. The number of hydrogen-bond acceptors (Lipinski definition) is 7. The highest BCUT2D eigenvalue weighted by Gasteiger charge is 2.27. The van der Waals surface area contributed by atoms with E-state index in [1.807, 2.05) is 63.2 Å². The normalized spacial score (nSPS) is 13.8. The first-order valence-electron chi connectivity index (χ1n) is 12.8. The maximum Gasteiger partial charge on any atom is 0.410 e. The third-order valence-electron chi connectivity index (χ3n) is 6.40. The van der Waals surface area contributed by atoms with E-state index in [0.29, 0.717) is 37.6 Å². The van der Waals surface area contributed by atoms with Crippen LogP contribution in [0.1, 0.15) is 31.3 Å². The molecule has 202 valence electrons. The van der Waals surface area contributed by atoms with Crippen molar-refractivity contribution >= 4 is 34.3 Å². The minimum absolute atomic E-state index is 0.285. The molecule has 39 heavy (non-hydrogen) atoms. The second-order valence-corrected chi connectivity index (χ2v) is 10.3. The molecule has 0 spiro atoms. The lowest BCUT2D eigenvalue weighted by molar-refractivity contribution is 0.0240. The van der Waals surface area contributed by atoms with E-state index in [1.165, 1.54) is 0 Å². The van der Waals surface area contributed by atoms with Crippen LogP contribution in [-0.2, 0) is 4.74 Å². The van der Waals surface area contributed by atoms with Crippen LogP contribution in [0.4, 0.5) is 16.2 Å². The molecule has 0 saturated carbocycles. The van der Waals surface area contributed by atoms with E-state index in [0.717, 1.165) is 28.0 Å². The molecule has 5 rings (SSSR count). The Morgan fingerprint density at radius 2 is 1.82 bits per heavy atom. The summed E-state index contributed by atoms with van der Waals surface area (Å²) in [5.41, 5.74) is 3.58. The van der Waals surface area contributed by atoms with E-state index in [9.17, 15) is 9.59 Å². The highest BCUT2D eigenvalue weighted by atomic mass is 16.6. The molecule has 10 heteroatoms. The quantitative estimate of drug-likeness (QED) is 0.377. The average Bonchev–Trinajstić information content (AvgIpc) is 3.36. The van der Waals surface area contributed by atoms with Gasteiger partial charge in [0.25, 0.3) is 5.91 Å². The van der Waals surface area contributed by atoms with Gasteiger partial charge in [-0.25, -0.2) is 9.78 Å². The molecule has 0 radical (unpaired) electrons. The minimum Gasteiger partial charge on any atom is -0.497 e. The first kappa shape index (κ1) is 26.0. The molecule has 1 fully saturated rings. The summed E-state index contributed by atoms with van der Waals surface area (Å²) in [6, 6.07) is 15.0. The van der Waals surface area contributed by atoms with E-state index in [4.69, 9.17) is 9.47 Å². The number of methoxy groups -OCH3 is 1. The molecule has 2 amide bonds. The van der Waals surface area contributed by atoms with Gasteiger partial charge in [0.1, 0.15) is 17.0 Å². The third-order valence-corrected chi connectivity index (χ3v) is 6.40. The van der Waals surface area contributed by atoms with Crippen molar-refractivity contribution in [2.24, 2.45) is 0 Å². The number of amides is 2. The van der Waals surface area contributed by atoms with Crippen molar-refractivity contribution in [2.75, 3.05) is 43.5 Å². The number of rotatable bonds is 5. The number of pyridine rings is 2. The Balaban J connectivity index is 1.29. The molecule has 1 aromatic carbocycles. The summed E-state index contributed by atoms with van der Waals surface area (Å²) in [6.45, 7) is 7.81. The molecule has 1 aliphatic rings. The maximum absolute atomic E-state index is 13.2. The van der Waals surface area contributed by atoms with Gasteiger partial charge in [-0.15, -0.1) is 0 Å². The first-order valence-corrected chi connectivity index (χ1v) is 12.8. The van der Waals surface area contributed by atoms with Gasteiger partial charge in [-0.3, -0.25) is 9.78 Å². The second kappa shape index (κ2) is 10.6. The first-order chi connectivity index (χ1) is 18.7. The van der Waals surface area contributed by atoms with Gasteiger partial charge in [-0.2, -0.15) is 0 Å². The maximum atomic E-state index is 13.2. The number of nitrogens with zero attached hydrogens (tertiary/aromatic N) is 4. The molecule has 3 aromatic heterocycles. The van der Waals surface area contributed by atoms with Crippen molar-refractivity contribution in [3.8, 4) is 17.1 Å². The number of aromatic amines is 1. The van der Waals surface area contributed by atoms with E-state index in [2.05, 4.69) is 25.2 Å². The zero-order chi connectivity index (χ0) is 27.6. The van der Waals surface area contributed by atoms with Crippen LogP contribution in [0, 0.1) is 0 Å². The lowest BCUT2D eigenvalue weighted by Gasteiger charge is -2.37. The van der Waals surface area contributed by atoms with Crippen LogP contribution in [0.5, 0.6) is 5.75 Å². The lowest BCUT2D eigenvalue weighted by atomic mass is 10.2. The van der Waals surface area contributed by atoms with E-state index in [-0.39, 0.29) is 17.7 Å². The number of nitrogens with one attached hydrogen (secondary N) is 2. The predicted octanol–water partition coefficient (Wildman–Crippen LogP) is 4.94. The number of hydrogen-bond donors (Lipinski definition) is 2. The summed E-state index contributed by atoms with van der Waals surface area (Å²) < 4.78 is 10.8. The van der Waals surface area contributed by atoms with Gasteiger partial charge in [0.2, 0.25) is 0 Å². The number of fused-ring (bicyclic) bond motifs is 1. The zero-order valence-electron chi connectivity index (χ0n) is 22.5. The third kappa shape index (κ3) is 5.95. The number of anilines is 2. The average molecular weight is 529 g/mol.